The Balaban J connectivity index is 1.44. The van der Waals surface area contributed by atoms with E-state index in [1.807, 2.05) is 35.2 Å². The van der Waals surface area contributed by atoms with E-state index in [1.165, 1.54) is 6.42 Å². The van der Waals surface area contributed by atoms with E-state index in [0.717, 1.165) is 31.5 Å². The largest absolute Gasteiger partial charge is 0.375 e. The molecule has 1 aromatic heterocycles. The van der Waals surface area contributed by atoms with Gasteiger partial charge in [0.05, 0.1) is 12.1 Å². The third-order valence-corrected chi connectivity index (χ3v) is 5.24. The lowest BCUT2D eigenvalue weighted by Gasteiger charge is -2.27. The Labute approximate surface area is 174 Å². The molecule has 1 aliphatic heterocycles. The normalized spacial score (nSPS) is 14.0. The van der Waals surface area contributed by atoms with Crippen LogP contribution in [0.1, 0.15) is 46.9 Å². The molecule has 0 saturated carbocycles. The second-order valence-corrected chi connectivity index (χ2v) is 7.60. The van der Waals surface area contributed by atoms with E-state index in [4.69, 9.17) is 16.1 Å². The fourth-order valence-electron chi connectivity index (χ4n) is 3.50. The van der Waals surface area contributed by atoms with E-state index in [9.17, 15) is 4.79 Å². The van der Waals surface area contributed by atoms with Crippen LogP contribution in [0.3, 0.4) is 0 Å². The van der Waals surface area contributed by atoms with Crippen LogP contribution in [0.2, 0.25) is 5.02 Å². The third-order valence-electron chi connectivity index (χ3n) is 5.00. The molecule has 150 valence electrons. The van der Waals surface area contributed by atoms with Crippen LogP contribution in [-0.2, 0) is 13.0 Å². The van der Waals surface area contributed by atoms with Crippen LogP contribution in [0.15, 0.2) is 53.1 Å². The van der Waals surface area contributed by atoms with Crippen LogP contribution in [0.4, 0.5) is 5.69 Å². The van der Waals surface area contributed by atoms with Gasteiger partial charge in [0.25, 0.3) is 5.91 Å². The Kier molecular flexibility index (Phi) is 6.10. The van der Waals surface area contributed by atoms with Crippen molar-refractivity contribution in [3.63, 3.8) is 0 Å². The number of aromatic nitrogens is 2. The van der Waals surface area contributed by atoms with Crippen molar-refractivity contribution in [2.45, 2.75) is 32.2 Å². The average molecular weight is 411 g/mol. The van der Waals surface area contributed by atoms with Gasteiger partial charge in [0.2, 0.25) is 5.89 Å². The van der Waals surface area contributed by atoms with Crippen molar-refractivity contribution in [2.24, 2.45) is 0 Å². The summed E-state index contributed by atoms with van der Waals surface area (Å²) in [5.74, 6) is 1.12. The number of nitrogens with zero attached hydrogens (tertiary/aromatic N) is 3. The summed E-state index contributed by atoms with van der Waals surface area (Å²) in [6, 6.07) is 15.3. The minimum atomic E-state index is 0.0270. The number of halogens is 1. The van der Waals surface area contributed by atoms with Crippen LogP contribution in [0.25, 0.3) is 0 Å². The van der Waals surface area contributed by atoms with Gasteiger partial charge < -0.3 is 14.7 Å². The minimum Gasteiger partial charge on any atom is -0.375 e. The summed E-state index contributed by atoms with van der Waals surface area (Å²) >= 11 is 6.17. The van der Waals surface area contributed by atoms with Crippen molar-refractivity contribution < 1.29 is 9.32 Å². The Morgan fingerprint density at radius 1 is 1.10 bits per heavy atom. The second-order valence-electron chi connectivity index (χ2n) is 7.16. The number of carbonyl (C=O) groups excluding carboxylic acids is 1. The summed E-state index contributed by atoms with van der Waals surface area (Å²) in [6.45, 7) is 1.92. The molecule has 2 aromatic carbocycles. The fraction of sp³-hybridized carbons (Fsp3) is 0.318. The molecule has 7 heteroatoms. The number of nitrogens with one attached hydrogen (secondary N) is 1. The van der Waals surface area contributed by atoms with Crippen molar-refractivity contribution in [1.29, 1.82) is 0 Å². The third kappa shape index (κ3) is 4.95. The summed E-state index contributed by atoms with van der Waals surface area (Å²) in [6.07, 6.45) is 3.89. The highest BCUT2D eigenvalue weighted by Crippen LogP contribution is 2.24. The maximum atomic E-state index is 12.9. The predicted octanol–water partition coefficient (Wildman–Crippen LogP) is 4.55. The number of benzene rings is 2. The SMILES string of the molecule is O=C(c1ccc(Cl)cc1NCc1nc(Cc2ccccc2)no1)N1CCCCC1. The topological polar surface area (TPSA) is 71.3 Å². The van der Waals surface area contributed by atoms with Gasteiger partial charge >= 0.3 is 0 Å². The summed E-state index contributed by atoms with van der Waals surface area (Å²) in [5, 5.41) is 7.85. The first-order valence-electron chi connectivity index (χ1n) is 9.87. The number of carbonyl (C=O) groups is 1. The summed E-state index contributed by atoms with van der Waals surface area (Å²) < 4.78 is 5.35. The molecular formula is C22H23ClN4O2. The molecule has 0 spiro atoms. The van der Waals surface area contributed by atoms with Gasteiger partial charge in [0, 0.05) is 30.2 Å². The Bertz CT molecular complexity index is 968. The Morgan fingerprint density at radius 2 is 1.90 bits per heavy atom. The van der Waals surface area contributed by atoms with Crippen LogP contribution in [0.5, 0.6) is 0 Å². The van der Waals surface area contributed by atoms with Crippen molar-refractivity contribution in [1.82, 2.24) is 15.0 Å². The van der Waals surface area contributed by atoms with Gasteiger partial charge in [-0.2, -0.15) is 4.98 Å². The molecule has 0 bridgehead atoms. The van der Waals surface area contributed by atoms with Gasteiger partial charge in [-0.1, -0.05) is 47.1 Å². The number of likely N-dealkylation sites (tertiary alicyclic amines) is 1. The number of rotatable bonds is 6. The summed E-state index contributed by atoms with van der Waals surface area (Å²) in [5.41, 5.74) is 2.41. The molecule has 1 amide bonds. The number of piperidine rings is 1. The molecule has 4 rings (SSSR count). The zero-order valence-electron chi connectivity index (χ0n) is 16.1. The Morgan fingerprint density at radius 3 is 2.69 bits per heavy atom. The number of hydrogen-bond acceptors (Lipinski definition) is 5. The van der Waals surface area contributed by atoms with Crippen molar-refractivity contribution >= 4 is 23.2 Å². The highest BCUT2D eigenvalue weighted by Gasteiger charge is 2.21. The van der Waals surface area contributed by atoms with E-state index in [-0.39, 0.29) is 5.91 Å². The fourth-order valence-corrected chi connectivity index (χ4v) is 3.67. The highest BCUT2D eigenvalue weighted by molar-refractivity contribution is 6.31. The van der Waals surface area contributed by atoms with E-state index in [1.54, 1.807) is 18.2 Å². The molecule has 2 heterocycles. The van der Waals surface area contributed by atoms with Gasteiger partial charge in [-0.15, -0.1) is 0 Å². The molecule has 3 aromatic rings. The Hall–Kier alpha value is -2.86. The molecule has 1 fully saturated rings. The first-order chi connectivity index (χ1) is 14.2. The molecule has 0 radical (unpaired) electrons. The van der Waals surface area contributed by atoms with Crippen LogP contribution in [-0.4, -0.2) is 34.0 Å². The van der Waals surface area contributed by atoms with Crippen molar-refractivity contribution in [3.8, 4) is 0 Å². The zero-order valence-corrected chi connectivity index (χ0v) is 16.9. The molecule has 0 atom stereocenters. The van der Waals surface area contributed by atoms with E-state index >= 15 is 0 Å². The lowest BCUT2D eigenvalue weighted by Crippen LogP contribution is -2.36. The molecule has 29 heavy (non-hydrogen) atoms. The van der Waals surface area contributed by atoms with Crippen LogP contribution >= 0.6 is 11.6 Å². The van der Waals surface area contributed by atoms with Gasteiger partial charge in [0.1, 0.15) is 0 Å². The lowest BCUT2D eigenvalue weighted by molar-refractivity contribution is 0.0725. The summed E-state index contributed by atoms with van der Waals surface area (Å²) in [7, 11) is 0. The lowest BCUT2D eigenvalue weighted by atomic mass is 10.1. The minimum absolute atomic E-state index is 0.0270. The van der Waals surface area contributed by atoms with Gasteiger partial charge in [-0.25, -0.2) is 0 Å². The van der Waals surface area contributed by atoms with Gasteiger partial charge in [0.15, 0.2) is 5.82 Å². The monoisotopic (exact) mass is 410 g/mol. The van der Waals surface area contributed by atoms with Crippen molar-refractivity contribution in [2.75, 3.05) is 18.4 Å². The molecular weight excluding hydrogens is 388 g/mol. The van der Waals surface area contributed by atoms with E-state index in [2.05, 4.69) is 15.5 Å². The maximum absolute atomic E-state index is 12.9. The summed E-state index contributed by atoms with van der Waals surface area (Å²) in [4.78, 5) is 19.3. The first kappa shape index (κ1) is 19.5. The second kappa shape index (κ2) is 9.09. The standard InChI is InChI=1S/C22H23ClN4O2/c23-17-9-10-18(22(28)27-11-5-2-6-12-27)19(14-17)24-15-21-25-20(26-29-21)13-16-7-3-1-4-8-16/h1,3-4,7-10,14,24H,2,5-6,11-13,15H2. The van der Waals surface area contributed by atoms with E-state index in [0.29, 0.717) is 41.0 Å². The van der Waals surface area contributed by atoms with Crippen LogP contribution < -0.4 is 5.32 Å². The highest BCUT2D eigenvalue weighted by atomic mass is 35.5. The molecule has 1 aliphatic rings. The van der Waals surface area contributed by atoms with Gasteiger partial charge in [-0.05, 0) is 43.0 Å². The average Bonchev–Trinajstić information content (AvgIpc) is 3.20. The first-order valence-corrected chi connectivity index (χ1v) is 10.2. The van der Waals surface area contributed by atoms with Crippen LogP contribution in [0, 0.1) is 0 Å². The maximum Gasteiger partial charge on any atom is 0.255 e. The molecule has 6 nitrogen and oxygen atoms in total. The van der Waals surface area contributed by atoms with Crippen molar-refractivity contribution in [3.05, 3.63) is 76.4 Å². The molecule has 1 saturated heterocycles. The zero-order chi connectivity index (χ0) is 20.1. The van der Waals surface area contributed by atoms with E-state index < -0.39 is 0 Å². The number of hydrogen-bond donors (Lipinski definition) is 1. The predicted molar refractivity (Wildman–Crippen MR) is 112 cm³/mol. The molecule has 0 unspecified atom stereocenters. The van der Waals surface area contributed by atoms with Gasteiger partial charge in [-0.3, -0.25) is 4.79 Å². The number of anilines is 1. The smallest absolute Gasteiger partial charge is 0.255 e. The molecule has 0 aliphatic carbocycles. The number of amides is 1. The molecule has 1 N–H and O–H groups in total. The quantitative estimate of drug-likeness (QED) is 0.645.